The Bertz CT molecular complexity index is 256. The van der Waals surface area contributed by atoms with E-state index in [2.05, 4.69) is 0 Å². The van der Waals surface area contributed by atoms with E-state index in [1.54, 1.807) is 0 Å². The van der Waals surface area contributed by atoms with Crippen molar-refractivity contribution in [2.45, 2.75) is 43.4 Å². The number of aliphatic hydroxyl groups excluding tert-OH is 3. The molecule has 7 heteroatoms. The zero-order valence-electron chi connectivity index (χ0n) is 8.61. The molecule has 1 rings (SSSR count). The van der Waals surface area contributed by atoms with Crippen molar-refractivity contribution in [2.75, 3.05) is 6.61 Å². The van der Waals surface area contributed by atoms with E-state index >= 15 is 0 Å². The van der Waals surface area contributed by atoms with E-state index < -0.39 is 43.1 Å². The highest BCUT2D eigenvalue weighted by Gasteiger charge is 2.46. The zero-order valence-corrected chi connectivity index (χ0v) is 8.61. The Morgan fingerprint density at radius 1 is 1.56 bits per heavy atom. The summed E-state index contributed by atoms with van der Waals surface area (Å²) in [7, 11) is 0. The van der Waals surface area contributed by atoms with Crippen LogP contribution in [0.3, 0.4) is 0 Å². The molecule has 0 bridgehead atoms. The highest BCUT2D eigenvalue weighted by molar-refractivity contribution is 5.75. The van der Waals surface area contributed by atoms with Gasteiger partial charge in [0.05, 0.1) is 24.9 Å². The van der Waals surface area contributed by atoms with Crippen LogP contribution in [-0.2, 0) is 9.53 Å². The predicted octanol–water partition coefficient (Wildman–Crippen LogP) is -1.96. The molecule has 0 spiro atoms. The second kappa shape index (κ2) is 5.07. The zero-order chi connectivity index (χ0) is 12.3. The largest absolute Gasteiger partial charge is 0.477 e. The molecule has 0 radical (unpaired) electrons. The van der Waals surface area contributed by atoms with Crippen LogP contribution >= 0.6 is 0 Å². The first kappa shape index (κ1) is 13.3. The van der Waals surface area contributed by atoms with Gasteiger partial charge in [0.1, 0.15) is 0 Å². The molecule has 1 fully saturated rings. The molecule has 1 heterocycles. The normalized spacial score (nSPS) is 37.0. The Balaban J connectivity index is 2.64. The minimum atomic E-state index is -2.42. The molecule has 1 saturated heterocycles. The number of carboxylic acid groups (broad SMARTS) is 1. The van der Waals surface area contributed by atoms with Gasteiger partial charge in [0.25, 0.3) is 5.79 Å². The highest BCUT2D eigenvalue weighted by Crippen LogP contribution is 2.29. The van der Waals surface area contributed by atoms with Crippen molar-refractivity contribution >= 4 is 5.97 Å². The van der Waals surface area contributed by atoms with Crippen LogP contribution in [0, 0.1) is 0 Å². The van der Waals surface area contributed by atoms with Crippen LogP contribution in [0.1, 0.15) is 19.3 Å². The Hall–Kier alpha value is -0.730. The summed E-state index contributed by atoms with van der Waals surface area (Å²) < 4.78 is 4.90. The minimum absolute atomic E-state index is 0.0385. The van der Waals surface area contributed by atoms with Gasteiger partial charge in [0.2, 0.25) is 0 Å². The number of hydrogen-bond acceptors (Lipinski definition) is 6. The Labute approximate surface area is 91.9 Å². The highest BCUT2D eigenvalue weighted by atomic mass is 16.7. The number of carboxylic acids is 1. The van der Waals surface area contributed by atoms with Crippen LogP contribution in [0.5, 0.6) is 0 Å². The van der Waals surface area contributed by atoms with Gasteiger partial charge in [-0.1, -0.05) is 0 Å². The summed E-state index contributed by atoms with van der Waals surface area (Å²) in [5, 5.41) is 45.5. The number of rotatable bonds is 4. The summed E-state index contributed by atoms with van der Waals surface area (Å²) in [6.45, 7) is -0.485. The van der Waals surface area contributed by atoms with Gasteiger partial charge in [-0.05, 0) is 6.42 Å². The molecule has 0 aliphatic carbocycles. The minimum Gasteiger partial charge on any atom is -0.477 e. The predicted molar refractivity (Wildman–Crippen MR) is 50.4 cm³/mol. The quantitative estimate of drug-likeness (QED) is 0.383. The smallest absolute Gasteiger partial charge is 0.364 e. The summed E-state index contributed by atoms with van der Waals surface area (Å²) in [5.41, 5.74) is 0. The molecule has 0 saturated carbocycles. The first-order chi connectivity index (χ1) is 7.37. The van der Waals surface area contributed by atoms with Gasteiger partial charge in [0.15, 0.2) is 0 Å². The lowest BCUT2D eigenvalue weighted by Crippen LogP contribution is -2.52. The van der Waals surface area contributed by atoms with E-state index in [4.69, 9.17) is 20.1 Å². The monoisotopic (exact) mass is 236 g/mol. The maximum absolute atomic E-state index is 10.7. The summed E-state index contributed by atoms with van der Waals surface area (Å²) >= 11 is 0. The van der Waals surface area contributed by atoms with E-state index in [9.17, 15) is 15.0 Å². The second-order valence-electron chi connectivity index (χ2n) is 4.00. The second-order valence-corrected chi connectivity index (χ2v) is 4.00. The van der Waals surface area contributed by atoms with E-state index in [1.807, 2.05) is 0 Å². The number of aliphatic carboxylic acids is 1. The van der Waals surface area contributed by atoms with Crippen molar-refractivity contribution in [3.05, 3.63) is 0 Å². The van der Waals surface area contributed by atoms with Gasteiger partial charge >= 0.3 is 5.97 Å². The molecule has 94 valence electrons. The third-order valence-corrected chi connectivity index (χ3v) is 2.49. The topological polar surface area (TPSA) is 127 Å². The third kappa shape index (κ3) is 3.13. The molecule has 0 aromatic carbocycles. The van der Waals surface area contributed by atoms with Crippen molar-refractivity contribution in [3.63, 3.8) is 0 Å². The van der Waals surface area contributed by atoms with Gasteiger partial charge in [-0.25, -0.2) is 4.79 Å². The molecule has 1 aliphatic rings. The Morgan fingerprint density at radius 2 is 2.19 bits per heavy atom. The van der Waals surface area contributed by atoms with E-state index in [0.717, 1.165) is 0 Å². The number of ether oxygens (including phenoxy) is 1. The van der Waals surface area contributed by atoms with Gasteiger partial charge in [-0.15, -0.1) is 0 Å². The molecule has 5 N–H and O–H groups in total. The van der Waals surface area contributed by atoms with Crippen molar-refractivity contribution in [2.24, 2.45) is 0 Å². The van der Waals surface area contributed by atoms with Crippen LogP contribution in [0.25, 0.3) is 0 Å². The molecule has 0 amide bonds. The Morgan fingerprint density at radius 3 is 2.69 bits per heavy atom. The molecular formula is C9H16O7. The summed E-state index contributed by atoms with van der Waals surface area (Å²) in [4.78, 5) is 10.7. The maximum atomic E-state index is 10.7. The van der Waals surface area contributed by atoms with Crippen LogP contribution in [0.4, 0.5) is 0 Å². The number of hydrogen-bond donors (Lipinski definition) is 5. The average Bonchev–Trinajstić information content (AvgIpc) is 2.15. The lowest BCUT2D eigenvalue weighted by atomic mass is 9.95. The van der Waals surface area contributed by atoms with E-state index in [0.29, 0.717) is 0 Å². The van der Waals surface area contributed by atoms with Crippen molar-refractivity contribution in [1.82, 2.24) is 0 Å². The number of aliphatic hydroxyl groups is 4. The van der Waals surface area contributed by atoms with E-state index in [1.165, 1.54) is 0 Å². The molecule has 0 aromatic heterocycles. The van der Waals surface area contributed by atoms with Crippen LogP contribution < -0.4 is 0 Å². The van der Waals surface area contributed by atoms with Crippen molar-refractivity contribution in [3.8, 4) is 0 Å². The fourth-order valence-corrected chi connectivity index (χ4v) is 1.74. The van der Waals surface area contributed by atoms with Gasteiger partial charge in [-0.2, -0.15) is 0 Å². The van der Waals surface area contributed by atoms with E-state index in [-0.39, 0.29) is 12.8 Å². The maximum Gasteiger partial charge on any atom is 0.364 e. The third-order valence-electron chi connectivity index (χ3n) is 2.49. The first-order valence-electron chi connectivity index (χ1n) is 4.98. The molecule has 1 aliphatic heterocycles. The molecule has 0 aromatic rings. The summed E-state index contributed by atoms with van der Waals surface area (Å²) in [6, 6.07) is 0. The molecular weight excluding hydrogens is 220 g/mol. The SMILES string of the molecule is O=C(O)[C@@]1(O)C[C@@H](O)CC(C[C@H](O)CO)O1. The standard InChI is InChI=1S/C9H16O7/c10-4-6(12)2-7-1-5(11)3-9(15,16-7)8(13)14/h5-7,10-12,15H,1-4H2,(H,13,14)/t5-,6-,7?,9+/m0/s1. The summed E-state index contributed by atoms with van der Waals surface area (Å²) in [6.07, 6.45) is -3.20. The molecule has 7 nitrogen and oxygen atoms in total. The number of carbonyl (C=O) groups is 1. The van der Waals surface area contributed by atoms with Crippen LogP contribution in [0.15, 0.2) is 0 Å². The fourth-order valence-electron chi connectivity index (χ4n) is 1.74. The van der Waals surface area contributed by atoms with Crippen LogP contribution in [-0.4, -0.2) is 62.2 Å². The lowest BCUT2D eigenvalue weighted by Gasteiger charge is -2.37. The Kier molecular flexibility index (Phi) is 4.22. The molecule has 4 atom stereocenters. The average molecular weight is 236 g/mol. The van der Waals surface area contributed by atoms with Crippen LogP contribution in [0.2, 0.25) is 0 Å². The van der Waals surface area contributed by atoms with Crippen molar-refractivity contribution in [1.29, 1.82) is 0 Å². The summed E-state index contributed by atoms with van der Waals surface area (Å²) in [5.74, 6) is -3.99. The van der Waals surface area contributed by atoms with Gasteiger partial charge < -0.3 is 30.3 Å². The first-order valence-corrected chi connectivity index (χ1v) is 4.98. The molecule has 1 unspecified atom stereocenters. The fraction of sp³-hybridized carbons (Fsp3) is 0.889. The lowest BCUT2D eigenvalue weighted by molar-refractivity contribution is -0.273. The van der Waals surface area contributed by atoms with Gasteiger partial charge in [-0.3, -0.25) is 0 Å². The van der Waals surface area contributed by atoms with Gasteiger partial charge in [0, 0.05) is 12.8 Å². The van der Waals surface area contributed by atoms with Crippen molar-refractivity contribution < 1.29 is 35.1 Å². The molecule has 16 heavy (non-hydrogen) atoms.